The number of alkyl halides is 6. The van der Waals surface area contributed by atoms with Gasteiger partial charge in [-0.05, 0) is 0 Å². The summed E-state index contributed by atoms with van der Waals surface area (Å²) in [4.78, 5) is 17.9. The molecular formula is C3F6N2O4. The van der Waals surface area contributed by atoms with Crippen LogP contribution in [0.5, 0.6) is 0 Å². The highest BCUT2D eigenvalue weighted by atomic mass is 19.4. The van der Waals surface area contributed by atoms with Crippen LogP contribution >= 0.6 is 0 Å². The second-order valence-corrected chi connectivity index (χ2v) is 2.06. The summed E-state index contributed by atoms with van der Waals surface area (Å²) in [5, 5.41) is 10.4. The van der Waals surface area contributed by atoms with E-state index >= 15 is 0 Å². The minimum Gasteiger partial charge on any atom is -0.279 e. The average molecular weight is 242 g/mol. The summed E-state index contributed by atoms with van der Waals surface area (Å²) in [6.45, 7) is 0. The minimum absolute atomic E-state index is 0.825. The second-order valence-electron chi connectivity index (χ2n) is 2.06. The molecule has 0 radical (unpaired) electrons. The van der Waals surface area contributed by atoms with Crippen LogP contribution in [0.15, 0.2) is 5.34 Å². The number of rotatable bonds is 4. The van der Waals surface area contributed by atoms with Gasteiger partial charge in [-0.3, -0.25) is 15.0 Å². The molecule has 15 heavy (non-hydrogen) atoms. The van der Waals surface area contributed by atoms with Gasteiger partial charge < -0.3 is 0 Å². The maximum Gasteiger partial charge on any atom is 0.557 e. The Labute approximate surface area is 75.9 Å². The molecule has 0 aliphatic rings. The van der Waals surface area contributed by atoms with Crippen LogP contribution in [0.4, 0.5) is 26.3 Å². The zero-order valence-corrected chi connectivity index (χ0v) is 6.30. The number of nitrogens with zero attached hydrogens (tertiary/aromatic N) is 2. The van der Waals surface area contributed by atoms with Crippen molar-refractivity contribution in [1.82, 2.24) is 0 Å². The Hall–Kier alpha value is -1.62. The Bertz CT molecular complexity index is 278. The molecule has 1 atom stereocenters. The third kappa shape index (κ3) is 1.92. The van der Waals surface area contributed by atoms with Gasteiger partial charge in [-0.2, -0.15) is 22.0 Å². The van der Waals surface area contributed by atoms with Crippen molar-refractivity contribution in [2.75, 3.05) is 0 Å². The third-order valence-corrected chi connectivity index (χ3v) is 1.16. The first kappa shape index (κ1) is 13.4. The van der Waals surface area contributed by atoms with E-state index in [0.717, 1.165) is 5.34 Å². The van der Waals surface area contributed by atoms with Gasteiger partial charge in [0.25, 0.3) is 0 Å². The van der Waals surface area contributed by atoms with Gasteiger partial charge in [0.2, 0.25) is 0 Å². The van der Waals surface area contributed by atoms with Crippen LogP contribution in [0.2, 0.25) is 0 Å². The van der Waals surface area contributed by atoms with Crippen LogP contribution in [-0.4, -0.2) is 23.0 Å². The fourth-order valence-corrected chi connectivity index (χ4v) is 0.482. The summed E-state index contributed by atoms with van der Waals surface area (Å²) in [5.41, 5.74) is 0. The van der Waals surface area contributed by atoms with Crippen LogP contribution in [0.3, 0.4) is 0 Å². The van der Waals surface area contributed by atoms with E-state index in [1.54, 1.807) is 0 Å². The average Bonchev–Trinajstić information content (AvgIpc) is 1.99. The molecule has 0 amide bonds. The Morgan fingerprint density at radius 2 is 1.53 bits per heavy atom. The van der Waals surface area contributed by atoms with E-state index in [1.165, 1.54) is 0 Å². The molecule has 0 aliphatic heterocycles. The van der Waals surface area contributed by atoms with E-state index < -0.39 is 23.0 Å². The topological polar surface area (TPSA) is 81.8 Å². The van der Waals surface area contributed by atoms with E-state index in [2.05, 4.69) is 4.84 Å². The molecule has 6 nitrogen and oxygen atoms in total. The van der Waals surface area contributed by atoms with E-state index in [1.807, 2.05) is 0 Å². The lowest BCUT2D eigenvalue weighted by molar-refractivity contribution is -0.697. The molecule has 88 valence electrons. The lowest BCUT2D eigenvalue weighted by atomic mass is 10.2. The smallest absolute Gasteiger partial charge is 0.279 e. The molecule has 0 N–H and O–H groups in total. The highest BCUT2D eigenvalue weighted by molar-refractivity contribution is 4.84. The zero-order chi connectivity index (χ0) is 12.5. The van der Waals surface area contributed by atoms with Gasteiger partial charge in [0.05, 0.1) is 4.92 Å². The molecule has 0 spiro atoms. The SMILES string of the molecule is O=NOC(F)(F)C(F)([N+](=O)[O-])C(F)(F)F. The predicted molar refractivity (Wildman–Crippen MR) is 28.7 cm³/mol. The molecule has 1 unspecified atom stereocenters. The van der Waals surface area contributed by atoms with Crippen molar-refractivity contribution in [3.05, 3.63) is 15.0 Å². The number of hydrogen-bond donors (Lipinski definition) is 0. The molecular weight excluding hydrogens is 242 g/mol. The number of hydrogen-bond acceptors (Lipinski definition) is 5. The van der Waals surface area contributed by atoms with Crippen LogP contribution in [0.1, 0.15) is 0 Å². The van der Waals surface area contributed by atoms with E-state index in [0.29, 0.717) is 0 Å². The molecule has 12 heteroatoms. The van der Waals surface area contributed by atoms with E-state index in [9.17, 15) is 36.5 Å². The van der Waals surface area contributed by atoms with Crippen LogP contribution < -0.4 is 0 Å². The third-order valence-electron chi connectivity index (χ3n) is 1.16. The quantitative estimate of drug-likeness (QED) is 0.247. The summed E-state index contributed by atoms with van der Waals surface area (Å²) < 4.78 is 71.8. The van der Waals surface area contributed by atoms with E-state index in [-0.39, 0.29) is 0 Å². The highest BCUT2D eigenvalue weighted by Gasteiger charge is 2.86. The fourth-order valence-electron chi connectivity index (χ4n) is 0.482. The molecule has 0 rings (SSSR count). The van der Waals surface area contributed by atoms with Crippen LogP contribution in [0.25, 0.3) is 0 Å². The molecule has 0 heterocycles. The van der Waals surface area contributed by atoms with Crippen LogP contribution in [-0.2, 0) is 4.84 Å². The molecule has 0 saturated heterocycles. The molecule has 0 saturated carbocycles. The summed E-state index contributed by atoms with van der Waals surface area (Å²) in [7, 11) is 0. The summed E-state index contributed by atoms with van der Waals surface area (Å²) >= 11 is 0. The van der Waals surface area contributed by atoms with Gasteiger partial charge in [0, 0.05) is 0 Å². The Kier molecular flexibility index (Phi) is 3.13. The second kappa shape index (κ2) is 3.51. The number of nitro groups is 1. The summed E-state index contributed by atoms with van der Waals surface area (Å²) in [5.74, 6) is -6.24. The molecule has 0 aromatic carbocycles. The molecule has 0 fully saturated rings. The first-order valence-corrected chi connectivity index (χ1v) is 2.79. The van der Waals surface area contributed by atoms with Crippen molar-refractivity contribution in [2.45, 2.75) is 18.1 Å². The van der Waals surface area contributed by atoms with Crippen molar-refractivity contribution < 1.29 is 36.1 Å². The molecule has 0 aliphatic carbocycles. The van der Waals surface area contributed by atoms with E-state index in [4.69, 9.17) is 4.91 Å². The first-order chi connectivity index (χ1) is 6.50. The minimum atomic E-state index is -6.58. The van der Waals surface area contributed by atoms with Gasteiger partial charge in [-0.1, -0.05) is 0 Å². The number of halogens is 6. The summed E-state index contributed by atoms with van der Waals surface area (Å²) in [6, 6.07) is 0. The summed E-state index contributed by atoms with van der Waals surface area (Å²) in [6.07, 6.45) is -12.6. The first-order valence-electron chi connectivity index (χ1n) is 2.79. The van der Waals surface area contributed by atoms with Crippen molar-refractivity contribution >= 4 is 0 Å². The fraction of sp³-hybridized carbons (Fsp3) is 1.00. The molecule has 0 aromatic heterocycles. The van der Waals surface area contributed by atoms with Gasteiger partial charge in [-0.15, -0.1) is 9.30 Å². The normalized spacial score (nSPS) is 16.7. The maximum absolute atomic E-state index is 12.5. The van der Waals surface area contributed by atoms with Gasteiger partial charge in [0.15, 0.2) is 5.34 Å². The zero-order valence-electron chi connectivity index (χ0n) is 6.30. The predicted octanol–water partition coefficient (Wildman–Crippen LogP) is 1.78. The Morgan fingerprint density at radius 3 is 1.73 bits per heavy atom. The lowest BCUT2D eigenvalue weighted by Gasteiger charge is -2.23. The highest BCUT2D eigenvalue weighted by Crippen LogP contribution is 2.46. The maximum atomic E-state index is 12.5. The molecule has 0 aromatic rings. The van der Waals surface area contributed by atoms with Crippen molar-refractivity contribution in [3.8, 4) is 0 Å². The van der Waals surface area contributed by atoms with Crippen molar-refractivity contribution in [2.24, 2.45) is 5.34 Å². The Morgan fingerprint density at radius 1 is 1.13 bits per heavy atom. The van der Waals surface area contributed by atoms with Gasteiger partial charge in [0.1, 0.15) is 0 Å². The lowest BCUT2D eigenvalue weighted by Crippen LogP contribution is -2.61. The molecule has 0 bridgehead atoms. The Balaban J connectivity index is 5.50. The monoisotopic (exact) mass is 242 g/mol. The van der Waals surface area contributed by atoms with Gasteiger partial charge in [-0.25, -0.2) is 0 Å². The standard InChI is InChI=1S/C3F6N2O4/c4-1(11(13)14,2(5,6)7)3(8,9)15-10-12. The largest absolute Gasteiger partial charge is 0.557 e. The van der Waals surface area contributed by atoms with Crippen molar-refractivity contribution in [3.63, 3.8) is 0 Å². The van der Waals surface area contributed by atoms with Crippen LogP contribution in [0, 0.1) is 15.0 Å². The van der Waals surface area contributed by atoms with Gasteiger partial charge >= 0.3 is 18.1 Å². The van der Waals surface area contributed by atoms with Crippen molar-refractivity contribution in [1.29, 1.82) is 0 Å².